The maximum Gasteiger partial charge on any atom is 0.410 e. The van der Waals surface area contributed by atoms with Crippen LogP contribution in [0.5, 0.6) is 5.75 Å². The fourth-order valence-electron chi connectivity index (χ4n) is 3.72. The molecule has 0 radical (unpaired) electrons. The van der Waals surface area contributed by atoms with Crippen LogP contribution in [0.25, 0.3) is 5.69 Å². The van der Waals surface area contributed by atoms with Crippen molar-refractivity contribution < 1.29 is 19.4 Å². The van der Waals surface area contributed by atoms with Gasteiger partial charge in [-0.15, -0.1) is 5.10 Å². The number of carbonyl (C=O) groups excluding carboxylic acids is 2. The van der Waals surface area contributed by atoms with E-state index in [0.29, 0.717) is 31.7 Å². The van der Waals surface area contributed by atoms with Gasteiger partial charge in [0.2, 0.25) is 0 Å². The van der Waals surface area contributed by atoms with Crippen molar-refractivity contribution in [2.75, 3.05) is 26.7 Å². The Labute approximate surface area is 155 Å². The maximum atomic E-state index is 12.9. The molecule has 3 heterocycles. The molecule has 4 rings (SSSR count). The Morgan fingerprint density at radius 1 is 1.30 bits per heavy atom. The Morgan fingerprint density at radius 2 is 2.15 bits per heavy atom. The number of amides is 2. The van der Waals surface area contributed by atoms with E-state index < -0.39 is 5.60 Å². The van der Waals surface area contributed by atoms with Gasteiger partial charge in [0.05, 0.1) is 17.8 Å². The first-order valence-electron chi connectivity index (χ1n) is 8.77. The third-order valence-corrected chi connectivity index (χ3v) is 5.15. The molecule has 2 saturated heterocycles. The molecule has 0 saturated carbocycles. The average Bonchev–Trinajstić information content (AvgIpc) is 3.21. The van der Waals surface area contributed by atoms with Gasteiger partial charge in [0, 0.05) is 32.6 Å². The minimum absolute atomic E-state index is 0.126. The standard InChI is InChI=1S/C17H20N6O4/c1-21-10-17(27-16(21)26)5-2-7-22(8-6-17)15(25)13-4-3-12(9-14(13)24)23-11-18-19-20-23/h3-4,9,11,24H,2,5-8,10H2,1H3. The molecular weight excluding hydrogens is 352 g/mol. The van der Waals surface area contributed by atoms with Gasteiger partial charge in [-0.2, -0.15) is 0 Å². The predicted octanol–water partition coefficient (Wildman–Crippen LogP) is 0.815. The van der Waals surface area contributed by atoms with Crippen LogP contribution in [0.2, 0.25) is 0 Å². The highest BCUT2D eigenvalue weighted by Crippen LogP contribution is 2.33. The van der Waals surface area contributed by atoms with Crippen molar-refractivity contribution in [1.29, 1.82) is 0 Å². The summed E-state index contributed by atoms with van der Waals surface area (Å²) in [7, 11) is 1.72. The van der Waals surface area contributed by atoms with Crippen LogP contribution in [0.1, 0.15) is 29.6 Å². The van der Waals surface area contributed by atoms with Gasteiger partial charge >= 0.3 is 6.09 Å². The van der Waals surface area contributed by atoms with E-state index in [0.717, 1.165) is 12.8 Å². The summed E-state index contributed by atoms with van der Waals surface area (Å²) in [6.07, 6.45) is 3.13. The number of carbonyl (C=O) groups is 2. The quantitative estimate of drug-likeness (QED) is 0.830. The molecule has 10 nitrogen and oxygen atoms in total. The van der Waals surface area contributed by atoms with Crippen molar-refractivity contribution in [1.82, 2.24) is 30.0 Å². The molecule has 1 N–H and O–H groups in total. The van der Waals surface area contributed by atoms with Crippen molar-refractivity contribution in [3.63, 3.8) is 0 Å². The van der Waals surface area contributed by atoms with Crippen molar-refractivity contribution in [2.24, 2.45) is 0 Å². The second kappa shape index (κ2) is 6.53. The molecule has 2 aliphatic heterocycles. The van der Waals surface area contributed by atoms with Crippen molar-refractivity contribution in [2.45, 2.75) is 24.9 Å². The van der Waals surface area contributed by atoms with Crippen LogP contribution < -0.4 is 0 Å². The summed E-state index contributed by atoms with van der Waals surface area (Å²) in [4.78, 5) is 27.9. The van der Waals surface area contributed by atoms with Crippen LogP contribution in [0.4, 0.5) is 4.79 Å². The van der Waals surface area contributed by atoms with Gasteiger partial charge < -0.3 is 19.6 Å². The predicted molar refractivity (Wildman–Crippen MR) is 92.4 cm³/mol. The first-order chi connectivity index (χ1) is 13.0. The van der Waals surface area contributed by atoms with E-state index in [2.05, 4.69) is 15.5 Å². The number of phenolic OH excluding ortho intramolecular Hbond substituents is 1. The van der Waals surface area contributed by atoms with Gasteiger partial charge in [-0.1, -0.05) is 0 Å². The first-order valence-corrected chi connectivity index (χ1v) is 8.77. The lowest BCUT2D eigenvalue weighted by atomic mass is 9.95. The minimum atomic E-state index is -0.521. The fraction of sp³-hybridized carbons (Fsp3) is 0.471. The molecule has 2 amide bonds. The highest BCUT2D eigenvalue weighted by Gasteiger charge is 2.44. The summed E-state index contributed by atoms with van der Waals surface area (Å²) >= 11 is 0. The zero-order chi connectivity index (χ0) is 19.0. The Balaban J connectivity index is 1.49. The summed E-state index contributed by atoms with van der Waals surface area (Å²) in [5.41, 5.74) is 0.264. The summed E-state index contributed by atoms with van der Waals surface area (Å²) in [5, 5.41) is 21.2. The second-order valence-corrected chi connectivity index (χ2v) is 7.01. The number of likely N-dealkylation sites (N-methyl/N-ethyl adjacent to an activating group) is 1. The van der Waals surface area contributed by atoms with Gasteiger partial charge in [-0.3, -0.25) is 4.79 Å². The van der Waals surface area contributed by atoms with Gasteiger partial charge in [0.1, 0.15) is 17.7 Å². The molecule has 1 aromatic carbocycles. The topological polar surface area (TPSA) is 114 Å². The number of rotatable bonds is 2. The van der Waals surface area contributed by atoms with Crippen LogP contribution in [0, 0.1) is 0 Å². The lowest BCUT2D eigenvalue weighted by Crippen LogP contribution is -2.36. The molecule has 142 valence electrons. The Morgan fingerprint density at radius 3 is 2.81 bits per heavy atom. The zero-order valence-corrected chi connectivity index (χ0v) is 14.9. The van der Waals surface area contributed by atoms with E-state index in [4.69, 9.17) is 4.74 Å². The molecular formula is C17H20N6O4. The Kier molecular flexibility index (Phi) is 4.17. The third-order valence-electron chi connectivity index (χ3n) is 5.15. The number of hydrogen-bond donors (Lipinski definition) is 1. The fourth-order valence-corrected chi connectivity index (χ4v) is 3.72. The molecule has 0 bridgehead atoms. The molecule has 1 unspecified atom stereocenters. The zero-order valence-electron chi connectivity index (χ0n) is 14.9. The largest absolute Gasteiger partial charge is 0.507 e. The van der Waals surface area contributed by atoms with E-state index in [1.165, 1.54) is 17.1 Å². The lowest BCUT2D eigenvalue weighted by molar-refractivity contribution is 0.0438. The number of aromatic nitrogens is 4. The second-order valence-electron chi connectivity index (χ2n) is 7.01. The number of ether oxygens (including phenoxy) is 1. The van der Waals surface area contributed by atoms with Crippen LogP contribution in [0.3, 0.4) is 0 Å². The number of likely N-dealkylation sites (tertiary alicyclic amines) is 1. The number of phenols is 1. The Hall–Kier alpha value is -3.17. The van der Waals surface area contributed by atoms with E-state index >= 15 is 0 Å². The summed E-state index contributed by atoms with van der Waals surface area (Å²) in [6, 6.07) is 4.70. The molecule has 27 heavy (non-hydrogen) atoms. The molecule has 1 aromatic heterocycles. The number of hydrogen-bond acceptors (Lipinski definition) is 7. The smallest absolute Gasteiger partial charge is 0.410 e. The van der Waals surface area contributed by atoms with E-state index in [9.17, 15) is 14.7 Å². The summed E-state index contributed by atoms with van der Waals surface area (Å²) in [6.45, 7) is 1.56. The van der Waals surface area contributed by atoms with Crippen LogP contribution in [-0.2, 0) is 4.74 Å². The molecule has 0 aliphatic carbocycles. The van der Waals surface area contributed by atoms with Gasteiger partial charge in [-0.05, 0) is 35.4 Å². The molecule has 1 spiro atoms. The van der Waals surface area contributed by atoms with Gasteiger partial charge in [-0.25, -0.2) is 9.48 Å². The monoisotopic (exact) mass is 372 g/mol. The number of nitrogens with zero attached hydrogens (tertiary/aromatic N) is 6. The number of benzene rings is 1. The highest BCUT2D eigenvalue weighted by atomic mass is 16.6. The van der Waals surface area contributed by atoms with Gasteiger partial charge in [0.25, 0.3) is 5.91 Å². The van der Waals surface area contributed by atoms with Crippen molar-refractivity contribution in [3.05, 3.63) is 30.1 Å². The van der Waals surface area contributed by atoms with Crippen LogP contribution in [-0.4, -0.2) is 79.4 Å². The minimum Gasteiger partial charge on any atom is -0.507 e. The molecule has 2 aliphatic rings. The number of aromatic hydroxyl groups is 1. The van der Waals surface area contributed by atoms with E-state index in [-0.39, 0.29) is 23.3 Å². The average molecular weight is 372 g/mol. The van der Waals surface area contributed by atoms with Crippen LogP contribution in [0.15, 0.2) is 24.5 Å². The van der Waals surface area contributed by atoms with Gasteiger partial charge in [0.15, 0.2) is 0 Å². The molecule has 2 aromatic rings. The van der Waals surface area contributed by atoms with Crippen LogP contribution >= 0.6 is 0 Å². The maximum absolute atomic E-state index is 12.9. The molecule has 2 fully saturated rings. The van der Waals surface area contributed by atoms with E-state index in [1.807, 2.05) is 0 Å². The number of tetrazole rings is 1. The normalized spacial score (nSPS) is 22.8. The summed E-state index contributed by atoms with van der Waals surface area (Å²) < 4.78 is 6.97. The van der Waals surface area contributed by atoms with Crippen molar-refractivity contribution >= 4 is 12.0 Å². The first kappa shape index (κ1) is 17.3. The van der Waals surface area contributed by atoms with E-state index in [1.54, 1.807) is 29.0 Å². The third kappa shape index (κ3) is 3.18. The SMILES string of the molecule is CN1CC2(CCCN(C(=O)c3ccc(-n4cnnn4)cc3O)CC2)OC1=O. The van der Waals surface area contributed by atoms with Crippen molar-refractivity contribution in [3.8, 4) is 11.4 Å². The highest BCUT2D eigenvalue weighted by molar-refractivity contribution is 5.97. The lowest BCUT2D eigenvalue weighted by Gasteiger charge is -2.25. The molecule has 1 atom stereocenters. The summed E-state index contributed by atoms with van der Waals surface area (Å²) in [5.74, 6) is -0.371. The Bertz CT molecular complexity index is 870. The molecule has 10 heteroatoms.